The molecular weight excluding hydrogens is 304 g/mol. The lowest BCUT2D eigenvalue weighted by Gasteiger charge is -2.33. The van der Waals surface area contributed by atoms with E-state index in [-0.39, 0.29) is 24.2 Å². The number of anilines is 1. The Labute approximate surface area is 143 Å². The van der Waals surface area contributed by atoms with Crippen molar-refractivity contribution in [3.05, 3.63) is 29.8 Å². The predicted molar refractivity (Wildman–Crippen MR) is 94.0 cm³/mol. The number of carbonyl (C=O) groups is 2. The van der Waals surface area contributed by atoms with Crippen LogP contribution in [0.5, 0.6) is 0 Å². The Morgan fingerprint density at radius 3 is 2.67 bits per heavy atom. The number of piperazine rings is 1. The van der Waals surface area contributed by atoms with Gasteiger partial charge in [0.1, 0.15) is 0 Å². The topological polar surface area (TPSA) is 64.7 Å². The van der Waals surface area contributed by atoms with Gasteiger partial charge in [0.15, 0.2) is 0 Å². The largest absolute Gasteiger partial charge is 0.355 e. The summed E-state index contributed by atoms with van der Waals surface area (Å²) in [7, 11) is 0. The lowest BCUT2D eigenvalue weighted by molar-refractivity contribution is -0.125. The summed E-state index contributed by atoms with van der Waals surface area (Å²) < 4.78 is 0. The summed E-state index contributed by atoms with van der Waals surface area (Å²) in [4.78, 5) is 29.0. The fraction of sp³-hybridized carbons (Fsp3) is 0.556. The Balaban J connectivity index is 1.41. The van der Waals surface area contributed by atoms with E-state index in [9.17, 15) is 9.59 Å². The number of nitrogens with one attached hydrogen (secondary N) is 2. The standard InChI is InChI=1S/C18H26N4O2/c1-2-21-9-11-22(12-10-21)8-7-19-17(23)13-15-14-5-3-4-6-16(14)20-18(15)24/h3-6,15H,2,7-13H2,1H3,(H,19,23)(H,20,24). The molecule has 2 aliphatic rings. The quantitative estimate of drug-likeness (QED) is 0.812. The maximum atomic E-state index is 12.2. The molecular formula is C18H26N4O2. The minimum absolute atomic E-state index is 0.0564. The van der Waals surface area contributed by atoms with E-state index in [1.165, 1.54) is 0 Å². The molecule has 0 saturated carbocycles. The molecule has 6 nitrogen and oxygen atoms in total. The summed E-state index contributed by atoms with van der Waals surface area (Å²) in [6, 6.07) is 7.58. The molecule has 0 bridgehead atoms. The summed E-state index contributed by atoms with van der Waals surface area (Å²) >= 11 is 0. The number of benzene rings is 1. The van der Waals surface area contributed by atoms with E-state index in [4.69, 9.17) is 0 Å². The van der Waals surface area contributed by atoms with Crippen molar-refractivity contribution in [3.8, 4) is 0 Å². The molecule has 1 atom stereocenters. The van der Waals surface area contributed by atoms with Crippen molar-refractivity contribution in [2.75, 3.05) is 51.1 Å². The van der Waals surface area contributed by atoms with E-state index in [2.05, 4.69) is 27.4 Å². The van der Waals surface area contributed by atoms with Crippen LogP contribution in [0, 0.1) is 0 Å². The van der Waals surface area contributed by atoms with Crippen LogP contribution in [0.25, 0.3) is 0 Å². The monoisotopic (exact) mass is 330 g/mol. The van der Waals surface area contributed by atoms with Crippen LogP contribution in [0.2, 0.25) is 0 Å². The van der Waals surface area contributed by atoms with Crippen LogP contribution in [0.1, 0.15) is 24.8 Å². The van der Waals surface area contributed by atoms with Crippen LogP contribution in [-0.4, -0.2) is 67.4 Å². The third-order valence-corrected chi connectivity index (χ3v) is 4.96. The number of hydrogen-bond donors (Lipinski definition) is 2. The normalized spacial score (nSPS) is 21.4. The molecule has 1 fully saturated rings. The highest BCUT2D eigenvalue weighted by Gasteiger charge is 2.31. The fourth-order valence-electron chi connectivity index (χ4n) is 3.42. The molecule has 2 amide bonds. The van der Waals surface area contributed by atoms with Crippen molar-refractivity contribution in [2.45, 2.75) is 19.3 Å². The molecule has 2 aliphatic heterocycles. The fourth-order valence-corrected chi connectivity index (χ4v) is 3.42. The van der Waals surface area contributed by atoms with Gasteiger partial charge >= 0.3 is 0 Å². The Hall–Kier alpha value is -1.92. The van der Waals surface area contributed by atoms with E-state index in [1.54, 1.807) is 0 Å². The number of nitrogens with zero attached hydrogens (tertiary/aromatic N) is 2. The molecule has 0 radical (unpaired) electrons. The van der Waals surface area contributed by atoms with Crippen molar-refractivity contribution >= 4 is 17.5 Å². The average molecular weight is 330 g/mol. The molecule has 24 heavy (non-hydrogen) atoms. The highest BCUT2D eigenvalue weighted by molar-refractivity contribution is 6.04. The zero-order valence-electron chi connectivity index (χ0n) is 14.3. The van der Waals surface area contributed by atoms with E-state index in [1.807, 2.05) is 24.3 Å². The number of likely N-dealkylation sites (N-methyl/N-ethyl adjacent to an activating group) is 1. The second kappa shape index (κ2) is 7.77. The molecule has 130 valence electrons. The highest BCUT2D eigenvalue weighted by atomic mass is 16.2. The molecule has 2 heterocycles. The minimum Gasteiger partial charge on any atom is -0.355 e. The van der Waals surface area contributed by atoms with E-state index in [0.29, 0.717) is 6.54 Å². The first-order valence-corrected chi connectivity index (χ1v) is 8.78. The van der Waals surface area contributed by atoms with E-state index in [0.717, 1.165) is 50.5 Å². The summed E-state index contributed by atoms with van der Waals surface area (Å²) in [5.74, 6) is -0.504. The summed E-state index contributed by atoms with van der Waals surface area (Å²) in [6.07, 6.45) is 0.215. The number of rotatable bonds is 6. The number of para-hydroxylation sites is 1. The van der Waals surface area contributed by atoms with Crippen molar-refractivity contribution in [2.24, 2.45) is 0 Å². The molecule has 1 saturated heterocycles. The first-order valence-electron chi connectivity index (χ1n) is 8.78. The summed E-state index contributed by atoms with van der Waals surface area (Å²) in [5, 5.41) is 5.80. The Bertz CT molecular complexity index is 596. The lowest BCUT2D eigenvalue weighted by Crippen LogP contribution is -2.48. The van der Waals surface area contributed by atoms with Gasteiger partial charge in [0.05, 0.1) is 5.92 Å². The first-order chi connectivity index (χ1) is 11.7. The van der Waals surface area contributed by atoms with Gasteiger partial charge in [-0.1, -0.05) is 25.1 Å². The maximum absolute atomic E-state index is 12.2. The molecule has 1 aromatic rings. The van der Waals surface area contributed by atoms with E-state index < -0.39 is 0 Å². The van der Waals surface area contributed by atoms with Crippen LogP contribution in [0.4, 0.5) is 5.69 Å². The Morgan fingerprint density at radius 2 is 1.92 bits per heavy atom. The minimum atomic E-state index is -0.366. The predicted octanol–water partition coefficient (Wildman–Crippen LogP) is 0.866. The second-order valence-electron chi connectivity index (χ2n) is 6.46. The molecule has 3 rings (SSSR count). The molecule has 1 aromatic carbocycles. The Morgan fingerprint density at radius 1 is 1.21 bits per heavy atom. The van der Waals surface area contributed by atoms with Crippen LogP contribution < -0.4 is 10.6 Å². The number of fused-ring (bicyclic) bond motifs is 1. The van der Waals surface area contributed by atoms with Gasteiger partial charge in [-0.2, -0.15) is 0 Å². The SMILES string of the molecule is CCN1CCN(CCNC(=O)CC2C(=O)Nc3ccccc32)CC1. The van der Waals surface area contributed by atoms with Crippen molar-refractivity contribution in [1.82, 2.24) is 15.1 Å². The molecule has 0 aliphatic carbocycles. The molecule has 0 spiro atoms. The first kappa shape index (κ1) is 16.9. The lowest BCUT2D eigenvalue weighted by atomic mass is 9.97. The summed E-state index contributed by atoms with van der Waals surface area (Å²) in [5.41, 5.74) is 1.75. The number of amides is 2. The molecule has 1 unspecified atom stereocenters. The van der Waals surface area contributed by atoms with Gasteiger partial charge in [-0.3, -0.25) is 14.5 Å². The van der Waals surface area contributed by atoms with E-state index >= 15 is 0 Å². The molecule has 6 heteroatoms. The van der Waals surface area contributed by atoms with Crippen LogP contribution in [0.3, 0.4) is 0 Å². The maximum Gasteiger partial charge on any atom is 0.232 e. The van der Waals surface area contributed by atoms with Crippen molar-refractivity contribution < 1.29 is 9.59 Å². The van der Waals surface area contributed by atoms with Gasteiger partial charge in [-0.05, 0) is 18.2 Å². The van der Waals surface area contributed by atoms with Gasteiger partial charge in [-0.25, -0.2) is 0 Å². The van der Waals surface area contributed by atoms with Gasteiger partial charge < -0.3 is 15.5 Å². The van der Waals surface area contributed by atoms with Crippen LogP contribution in [-0.2, 0) is 9.59 Å². The van der Waals surface area contributed by atoms with Crippen molar-refractivity contribution in [1.29, 1.82) is 0 Å². The van der Waals surface area contributed by atoms with Gasteiger partial charge in [0.25, 0.3) is 0 Å². The number of carbonyl (C=O) groups excluding carboxylic acids is 2. The van der Waals surface area contributed by atoms with Gasteiger partial charge in [0, 0.05) is 51.4 Å². The second-order valence-corrected chi connectivity index (χ2v) is 6.46. The van der Waals surface area contributed by atoms with Crippen molar-refractivity contribution in [3.63, 3.8) is 0 Å². The van der Waals surface area contributed by atoms with Gasteiger partial charge in [-0.15, -0.1) is 0 Å². The molecule has 2 N–H and O–H groups in total. The summed E-state index contributed by atoms with van der Waals surface area (Å²) in [6.45, 7) is 9.12. The van der Waals surface area contributed by atoms with Crippen LogP contribution in [0.15, 0.2) is 24.3 Å². The Kier molecular flexibility index (Phi) is 5.48. The van der Waals surface area contributed by atoms with Crippen LogP contribution >= 0.6 is 0 Å². The third-order valence-electron chi connectivity index (χ3n) is 4.96. The smallest absolute Gasteiger partial charge is 0.232 e. The third kappa shape index (κ3) is 3.94. The number of hydrogen-bond acceptors (Lipinski definition) is 4. The average Bonchev–Trinajstić information content (AvgIpc) is 2.91. The zero-order valence-corrected chi connectivity index (χ0v) is 14.3. The van der Waals surface area contributed by atoms with Gasteiger partial charge in [0.2, 0.25) is 11.8 Å². The highest BCUT2D eigenvalue weighted by Crippen LogP contribution is 2.34. The zero-order chi connectivity index (χ0) is 16.9. The molecule has 0 aromatic heterocycles.